The molecule has 15 heteroatoms. The monoisotopic (exact) mass is 716 g/mol. The third kappa shape index (κ3) is 8.62. The molecule has 3 heterocycles. The van der Waals surface area contributed by atoms with Crippen LogP contribution in [0.5, 0.6) is 11.5 Å². The zero-order valence-electron chi connectivity index (χ0n) is 28.4. The predicted octanol–water partition coefficient (Wildman–Crippen LogP) is 2.48. The average Bonchev–Trinajstić information content (AvgIpc) is 3.42. The van der Waals surface area contributed by atoms with Gasteiger partial charge in [-0.3, -0.25) is 0 Å². The third-order valence-electron chi connectivity index (χ3n) is 9.77. The summed E-state index contributed by atoms with van der Waals surface area (Å²) >= 11 is 0. The first-order chi connectivity index (χ1) is 23.9. The molecule has 2 amide bonds. The molecular formula is C35H46N3O11S-. The van der Waals surface area contributed by atoms with Crippen molar-refractivity contribution in [2.45, 2.75) is 87.8 Å². The highest BCUT2D eigenvalue weighted by Crippen LogP contribution is 2.38. The van der Waals surface area contributed by atoms with E-state index in [0.717, 1.165) is 23.3 Å². The normalized spacial score (nSPS) is 22.6. The van der Waals surface area contributed by atoms with Gasteiger partial charge in [-0.2, -0.15) is 4.31 Å². The van der Waals surface area contributed by atoms with Crippen molar-refractivity contribution in [3.05, 3.63) is 54.1 Å². The summed E-state index contributed by atoms with van der Waals surface area (Å²) in [4.78, 5) is 26.0. The molecule has 50 heavy (non-hydrogen) atoms. The van der Waals surface area contributed by atoms with Crippen molar-refractivity contribution < 1.29 is 51.9 Å². The van der Waals surface area contributed by atoms with E-state index in [2.05, 4.69) is 5.32 Å². The molecule has 0 unspecified atom stereocenters. The molecule has 1 saturated carbocycles. The summed E-state index contributed by atoms with van der Waals surface area (Å²) in [6.45, 7) is 3.97. The summed E-state index contributed by atoms with van der Waals surface area (Å²) < 4.78 is 57.6. The van der Waals surface area contributed by atoms with Gasteiger partial charge < -0.3 is 48.9 Å². The Labute approximate surface area is 292 Å². The van der Waals surface area contributed by atoms with Crippen molar-refractivity contribution >= 4 is 22.2 Å². The van der Waals surface area contributed by atoms with Gasteiger partial charge in [0.2, 0.25) is 16.8 Å². The number of sulfonamides is 1. The standard InChI is InChI=1S/C35H47N3O11S/c1-35(2,14-6-15-46-33(40)36-24-9-10-24)21-37(50(43,44)25-11-12-30-31(18-25)49-22-48-30)19-29(39)27(17-23-7-4-3-5-8-23)38(34(41)42)28-20-47-32-26(28)13-16-45-32/h3-5,7-8,11-12,18,24,26-29,32,39H,6,9-10,13-17,19-22H2,1-2H3,(H,36,40)(H,41,42)/p-1/t26-,27-,28-,29+,32+/m0/s1. The molecule has 0 radical (unpaired) electrons. The Hall–Kier alpha value is -3.63. The van der Waals surface area contributed by atoms with Crippen molar-refractivity contribution in [3.8, 4) is 11.5 Å². The molecule has 14 nitrogen and oxygen atoms in total. The lowest BCUT2D eigenvalue weighted by Gasteiger charge is -2.43. The minimum atomic E-state index is -4.27. The molecule has 5 atom stereocenters. The zero-order chi connectivity index (χ0) is 35.5. The maximum absolute atomic E-state index is 14.4. The van der Waals surface area contributed by atoms with E-state index >= 15 is 0 Å². The van der Waals surface area contributed by atoms with Crippen LogP contribution >= 0.6 is 0 Å². The van der Waals surface area contributed by atoms with Crippen LogP contribution < -0.4 is 19.9 Å². The maximum Gasteiger partial charge on any atom is 0.407 e. The summed E-state index contributed by atoms with van der Waals surface area (Å²) in [6.07, 6.45) is -0.428. The van der Waals surface area contributed by atoms with Gasteiger partial charge in [0.25, 0.3) is 0 Å². The number of nitrogens with zero attached hydrogens (tertiary/aromatic N) is 2. The number of amides is 2. The summed E-state index contributed by atoms with van der Waals surface area (Å²) in [5.41, 5.74) is 0.119. The van der Waals surface area contributed by atoms with Gasteiger partial charge in [-0.15, -0.1) is 0 Å². The lowest BCUT2D eigenvalue weighted by atomic mass is 9.87. The maximum atomic E-state index is 14.4. The van der Waals surface area contributed by atoms with E-state index in [1.54, 1.807) is 0 Å². The number of benzene rings is 2. The van der Waals surface area contributed by atoms with Crippen LogP contribution in [0.4, 0.5) is 9.59 Å². The van der Waals surface area contributed by atoms with Crippen molar-refractivity contribution in [3.63, 3.8) is 0 Å². The van der Waals surface area contributed by atoms with Crippen LogP contribution in [0.3, 0.4) is 0 Å². The number of aliphatic hydroxyl groups is 1. The predicted molar refractivity (Wildman–Crippen MR) is 177 cm³/mol. The van der Waals surface area contributed by atoms with Crippen LogP contribution in [0.2, 0.25) is 0 Å². The molecule has 1 aliphatic carbocycles. The Balaban J connectivity index is 1.26. The van der Waals surface area contributed by atoms with Crippen LogP contribution in [-0.2, 0) is 30.7 Å². The number of ether oxygens (including phenoxy) is 5. The Bertz CT molecular complexity index is 1600. The number of carboxylic acid groups (broad SMARTS) is 1. The second-order valence-corrected chi connectivity index (χ2v) is 16.2. The van der Waals surface area contributed by atoms with Gasteiger partial charge in [-0.1, -0.05) is 44.2 Å². The number of rotatable bonds is 16. The number of hydrogen-bond donors (Lipinski definition) is 2. The van der Waals surface area contributed by atoms with E-state index in [0.29, 0.717) is 31.6 Å². The van der Waals surface area contributed by atoms with Gasteiger partial charge in [-0.25, -0.2) is 13.2 Å². The van der Waals surface area contributed by atoms with Gasteiger partial charge in [0, 0.05) is 31.1 Å². The second kappa shape index (κ2) is 15.3. The molecule has 3 fully saturated rings. The number of fused-ring (bicyclic) bond motifs is 2. The molecule has 0 spiro atoms. The molecule has 0 bridgehead atoms. The molecular weight excluding hydrogens is 670 g/mol. The van der Waals surface area contributed by atoms with Gasteiger partial charge in [0.15, 0.2) is 17.8 Å². The summed E-state index contributed by atoms with van der Waals surface area (Å²) in [5.74, 6) is 0.452. The fourth-order valence-electron chi connectivity index (χ4n) is 6.99. The Morgan fingerprint density at radius 2 is 1.84 bits per heavy atom. The molecule has 2 aromatic carbocycles. The second-order valence-electron chi connectivity index (χ2n) is 14.2. The smallest absolute Gasteiger partial charge is 0.407 e. The Kier molecular flexibility index (Phi) is 11.1. The number of carbonyl (C=O) groups excluding carboxylic acids is 2. The third-order valence-corrected chi connectivity index (χ3v) is 11.6. The van der Waals surface area contributed by atoms with E-state index in [1.807, 2.05) is 44.2 Å². The van der Waals surface area contributed by atoms with Crippen LogP contribution in [0.15, 0.2) is 53.4 Å². The molecule has 2 saturated heterocycles. The van der Waals surface area contributed by atoms with E-state index in [9.17, 15) is 28.2 Å². The van der Waals surface area contributed by atoms with Crippen LogP contribution in [-0.4, -0.2) is 105 Å². The molecule has 274 valence electrons. The molecule has 4 aliphatic rings. The minimum Gasteiger partial charge on any atom is -0.530 e. The van der Waals surface area contributed by atoms with E-state index < -0.39 is 58.6 Å². The Morgan fingerprint density at radius 3 is 2.58 bits per heavy atom. The first-order valence-corrected chi connectivity index (χ1v) is 18.6. The average molecular weight is 717 g/mol. The van der Waals surface area contributed by atoms with Gasteiger partial charge in [-0.05, 0) is 61.6 Å². The summed E-state index contributed by atoms with van der Waals surface area (Å²) in [5, 5.41) is 27.8. The van der Waals surface area contributed by atoms with E-state index in [4.69, 9.17) is 23.7 Å². The number of hydrogen-bond acceptors (Lipinski definition) is 11. The molecule has 6 rings (SSSR count). The van der Waals surface area contributed by atoms with Crippen molar-refractivity contribution in [2.24, 2.45) is 11.3 Å². The van der Waals surface area contributed by atoms with Crippen LogP contribution in [0.25, 0.3) is 0 Å². The van der Waals surface area contributed by atoms with Gasteiger partial charge in [0.05, 0.1) is 42.9 Å². The van der Waals surface area contributed by atoms with Crippen molar-refractivity contribution in [1.29, 1.82) is 0 Å². The first kappa shape index (κ1) is 36.2. The number of carbonyl (C=O) groups is 2. The highest BCUT2D eigenvalue weighted by atomic mass is 32.2. The lowest BCUT2D eigenvalue weighted by molar-refractivity contribution is -0.273. The van der Waals surface area contributed by atoms with Crippen LogP contribution in [0.1, 0.15) is 51.5 Å². The van der Waals surface area contributed by atoms with E-state index in [-0.39, 0.29) is 55.6 Å². The topological polar surface area (TPSA) is 176 Å². The van der Waals surface area contributed by atoms with Crippen LogP contribution in [0, 0.1) is 11.3 Å². The first-order valence-electron chi connectivity index (χ1n) is 17.2. The highest BCUT2D eigenvalue weighted by molar-refractivity contribution is 7.89. The van der Waals surface area contributed by atoms with E-state index in [1.165, 1.54) is 22.5 Å². The fraction of sp³-hybridized carbons (Fsp3) is 0.600. The fourth-order valence-corrected chi connectivity index (χ4v) is 8.66. The number of aliphatic hydroxyl groups excluding tert-OH is 1. The molecule has 3 aliphatic heterocycles. The zero-order valence-corrected chi connectivity index (χ0v) is 29.2. The molecule has 2 aromatic rings. The number of nitrogens with one attached hydrogen (secondary N) is 1. The summed E-state index contributed by atoms with van der Waals surface area (Å²) in [6, 6.07) is 11.9. The number of alkyl carbamates (subject to hydrolysis) is 1. The van der Waals surface area contributed by atoms with Crippen molar-refractivity contribution in [2.75, 3.05) is 39.7 Å². The molecule has 2 N–H and O–H groups in total. The largest absolute Gasteiger partial charge is 0.530 e. The lowest BCUT2D eigenvalue weighted by Crippen LogP contribution is -2.61. The van der Waals surface area contributed by atoms with Gasteiger partial charge in [0.1, 0.15) is 6.09 Å². The van der Waals surface area contributed by atoms with Crippen molar-refractivity contribution in [1.82, 2.24) is 14.5 Å². The quantitative estimate of drug-likeness (QED) is 0.244. The Morgan fingerprint density at radius 1 is 1.08 bits per heavy atom. The highest BCUT2D eigenvalue weighted by Gasteiger charge is 2.47. The van der Waals surface area contributed by atoms with Gasteiger partial charge >= 0.3 is 6.09 Å². The SMILES string of the molecule is CC(C)(CCCOC(=O)NC1CC1)CN(C[C@@H](O)[C@H](Cc1ccccc1)N(C(=O)[O-])[C@H]1CO[C@H]2OCC[C@H]21)S(=O)(=O)c1ccc2c(c1)OCO2. The summed E-state index contributed by atoms with van der Waals surface area (Å²) in [7, 11) is -4.27. The minimum absolute atomic E-state index is 0.0242. The molecule has 0 aromatic heterocycles.